The van der Waals surface area contributed by atoms with Gasteiger partial charge in [0, 0.05) is 30.5 Å². The molecular formula is C23H28N4OS. The highest BCUT2D eigenvalue weighted by molar-refractivity contribution is 7.09. The lowest BCUT2D eigenvalue weighted by atomic mass is 10.1. The number of nitrogens with zero attached hydrogens (tertiary/aromatic N) is 3. The third-order valence-corrected chi connectivity index (χ3v) is 5.60. The van der Waals surface area contributed by atoms with Crippen LogP contribution in [0.3, 0.4) is 0 Å². The maximum Gasteiger partial charge on any atom is 0.239 e. The Kier molecular flexibility index (Phi) is 7.36. The van der Waals surface area contributed by atoms with Crippen molar-refractivity contribution in [2.24, 2.45) is 0 Å². The van der Waals surface area contributed by atoms with E-state index in [0.29, 0.717) is 13.0 Å². The average Bonchev–Trinajstić information content (AvgIpc) is 3.18. The summed E-state index contributed by atoms with van der Waals surface area (Å²) in [7, 11) is 0. The average molecular weight is 409 g/mol. The Morgan fingerprint density at radius 2 is 1.83 bits per heavy atom. The van der Waals surface area contributed by atoms with E-state index in [1.807, 2.05) is 30.0 Å². The van der Waals surface area contributed by atoms with Crippen LogP contribution in [-0.2, 0) is 17.8 Å². The molecule has 1 aromatic heterocycles. The van der Waals surface area contributed by atoms with Crippen molar-refractivity contribution < 1.29 is 4.79 Å². The Morgan fingerprint density at radius 1 is 1.10 bits per heavy atom. The summed E-state index contributed by atoms with van der Waals surface area (Å²) in [6, 6.07) is 18.7. The van der Waals surface area contributed by atoms with E-state index in [2.05, 4.69) is 59.9 Å². The van der Waals surface area contributed by atoms with Gasteiger partial charge in [-0.3, -0.25) is 4.79 Å². The molecule has 1 amide bonds. The van der Waals surface area contributed by atoms with Crippen molar-refractivity contribution in [2.75, 3.05) is 11.4 Å². The maximum atomic E-state index is 12.5. The first-order chi connectivity index (χ1) is 14.0. The molecule has 0 bridgehead atoms. The van der Waals surface area contributed by atoms with Crippen molar-refractivity contribution in [3.05, 3.63) is 77.1 Å². The Hall–Kier alpha value is -2.73. The lowest BCUT2D eigenvalue weighted by molar-refractivity contribution is -0.120. The number of carbonyl (C=O) groups is 1. The monoisotopic (exact) mass is 408 g/mol. The molecule has 6 heteroatoms. The minimum absolute atomic E-state index is 0.00515. The topological polar surface area (TPSA) is 58.1 Å². The van der Waals surface area contributed by atoms with Crippen LogP contribution in [0.5, 0.6) is 0 Å². The number of aryl methyl sites for hydroxylation is 1. The second-order valence-electron chi connectivity index (χ2n) is 7.37. The number of benzene rings is 2. The van der Waals surface area contributed by atoms with Gasteiger partial charge in [-0.15, -0.1) is 0 Å². The van der Waals surface area contributed by atoms with Gasteiger partial charge in [0.2, 0.25) is 11.0 Å². The number of hydrogen-bond acceptors (Lipinski definition) is 5. The molecule has 3 aromatic rings. The van der Waals surface area contributed by atoms with E-state index in [1.165, 1.54) is 22.7 Å². The van der Waals surface area contributed by atoms with Crippen LogP contribution in [0.1, 0.15) is 42.8 Å². The van der Waals surface area contributed by atoms with E-state index < -0.39 is 0 Å². The van der Waals surface area contributed by atoms with Crippen LogP contribution in [0.25, 0.3) is 0 Å². The molecule has 5 nitrogen and oxygen atoms in total. The second kappa shape index (κ2) is 10.2. The fourth-order valence-electron chi connectivity index (χ4n) is 2.92. The van der Waals surface area contributed by atoms with E-state index in [4.69, 9.17) is 4.98 Å². The summed E-state index contributed by atoms with van der Waals surface area (Å²) < 4.78 is 4.54. The molecule has 0 saturated heterocycles. The first-order valence-electron chi connectivity index (χ1n) is 10.00. The van der Waals surface area contributed by atoms with Crippen LogP contribution in [0.4, 0.5) is 5.13 Å². The van der Waals surface area contributed by atoms with Crippen molar-refractivity contribution in [3.63, 3.8) is 0 Å². The molecule has 2 aromatic carbocycles. The number of hydrogen-bond donors (Lipinski definition) is 1. The highest BCUT2D eigenvalue weighted by Crippen LogP contribution is 2.21. The molecular weight excluding hydrogens is 380 g/mol. The van der Waals surface area contributed by atoms with Gasteiger partial charge in [0.15, 0.2) is 0 Å². The van der Waals surface area contributed by atoms with Gasteiger partial charge in [-0.2, -0.15) is 4.37 Å². The van der Waals surface area contributed by atoms with Crippen LogP contribution >= 0.6 is 11.5 Å². The number of amides is 1. The van der Waals surface area contributed by atoms with E-state index in [-0.39, 0.29) is 18.5 Å². The molecule has 0 saturated carbocycles. The van der Waals surface area contributed by atoms with Crippen LogP contribution in [0, 0.1) is 6.92 Å². The van der Waals surface area contributed by atoms with Crippen LogP contribution in [-0.4, -0.2) is 27.9 Å². The van der Waals surface area contributed by atoms with Gasteiger partial charge < -0.3 is 10.2 Å². The number of rotatable bonds is 9. The molecule has 152 valence electrons. The maximum absolute atomic E-state index is 12.5. The highest BCUT2D eigenvalue weighted by Gasteiger charge is 2.18. The number of aromatic nitrogens is 2. The summed E-state index contributed by atoms with van der Waals surface area (Å²) in [6.07, 6.45) is 1.60. The minimum atomic E-state index is 0.00515. The summed E-state index contributed by atoms with van der Waals surface area (Å²) in [5.41, 5.74) is 3.56. The zero-order chi connectivity index (χ0) is 20.6. The van der Waals surface area contributed by atoms with Crippen molar-refractivity contribution in [2.45, 2.75) is 46.2 Å². The van der Waals surface area contributed by atoms with Gasteiger partial charge in [0.25, 0.3) is 0 Å². The fourth-order valence-corrected chi connectivity index (χ4v) is 3.61. The van der Waals surface area contributed by atoms with Gasteiger partial charge in [-0.05, 0) is 31.4 Å². The smallest absolute Gasteiger partial charge is 0.239 e. The Bertz CT molecular complexity index is 908. The molecule has 1 unspecified atom stereocenters. The molecule has 1 N–H and O–H groups in total. The number of nitrogens with one attached hydrogen (secondary N) is 1. The summed E-state index contributed by atoms with van der Waals surface area (Å²) in [5.74, 6) is 0.791. The third kappa shape index (κ3) is 6.39. The van der Waals surface area contributed by atoms with Gasteiger partial charge in [0.05, 0.1) is 6.54 Å². The predicted molar refractivity (Wildman–Crippen MR) is 119 cm³/mol. The largest absolute Gasteiger partial charge is 0.352 e. The summed E-state index contributed by atoms with van der Waals surface area (Å²) >= 11 is 1.35. The highest BCUT2D eigenvalue weighted by atomic mass is 32.1. The summed E-state index contributed by atoms with van der Waals surface area (Å²) in [4.78, 5) is 19.3. The number of anilines is 1. The molecule has 29 heavy (non-hydrogen) atoms. The van der Waals surface area contributed by atoms with Gasteiger partial charge in [-0.25, -0.2) is 4.98 Å². The summed E-state index contributed by atoms with van der Waals surface area (Å²) in [5, 5.41) is 3.82. The normalized spacial score (nSPS) is 11.8. The molecule has 3 rings (SSSR count). The van der Waals surface area contributed by atoms with Gasteiger partial charge >= 0.3 is 0 Å². The fraction of sp³-hybridized carbons (Fsp3) is 0.348. The molecule has 0 spiro atoms. The lowest BCUT2D eigenvalue weighted by Crippen LogP contribution is -2.40. The first kappa shape index (κ1) is 21.0. The van der Waals surface area contributed by atoms with Crippen molar-refractivity contribution in [1.82, 2.24) is 14.7 Å². The third-order valence-electron chi connectivity index (χ3n) is 4.78. The van der Waals surface area contributed by atoms with Crippen LogP contribution in [0.15, 0.2) is 54.6 Å². The Balaban J connectivity index is 1.75. The van der Waals surface area contributed by atoms with Crippen LogP contribution in [0.2, 0.25) is 0 Å². The van der Waals surface area contributed by atoms with Crippen molar-refractivity contribution in [3.8, 4) is 0 Å². The Labute approximate surface area is 177 Å². The minimum Gasteiger partial charge on any atom is -0.352 e. The van der Waals surface area contributed by atoms with Crippen LogP contribution < -0.4 is 10.2 Å². The van der Waals surface area contributed by atoms with Crippen molar-refractivity contribution >= 4 is 22.6 Å². The predicted octanol–water partition coefficient (Wildman–Crippen LogP) is 4.36. The first-order valence-corrected chi connectivity index (χ1v) is 10.8. The SMILES string of the molecule is CCC(C)NC(=O)CN(Cc1ccccc1)c1nc(Cc2ccc(C)cc2)ns1. The second-order valence-corrected chi connectivity index (χ2v) is 8.10. The lowest BCUT2D eigenvalue weighted by Gasteiger charge is -2.22. The molecule has 0 fully saturated rings. The zero-order valence-electron chi connectivity index (χ0n) is 17.3. The number of carbonyl (C=O) groups excluding carboxylic acids is 1. The van der Waals surface area contributed by atoms with Gasteiger partial charge in [-0.1, -0.05) is 67.1 Å². The van der Waals surface area contributed by atoms with E-state index in [1.54, 1.807) is 0 Å². The van der Waals surface area contributed by atoms with E-state index >= 15 is 0 Å². The molecule has 0 aliphatic carbocycles. The molecule has 1 heterocycles. The summed E-state index contributed by atoms with van der Waals surface area (Å²) in [6.45, 7) is 7.04. The molecule has 0 radical (unpaired) electrons. The standard InChI is InChI=1S/C23H28N4OS/c1-4-18(3)24-22(28)16-27(15-20-8-6-5-7-9-20)23-25-21(26-29-23)14-19-12-10-17(2)11-13-19/h5-13,18H,4,14-16H2,1-3H3,(H,24,28). The molecule has 0 aliphatic rings. The quantitative estimate of drug-likeness (QED) is 0.572. The Morgan fingerprint density at radius 3 is 2.52 bits per heavy atom. The van der Waals surface area contributed by atoms with E-state index in [9.17, 15) is 4.79 Å². The van der Waals surface area contributed by atoms with Gasteiger partial charge in [0.1, 0.15) is 5.82 Å². The van der Waals surface area contributed by atoms with E-state index in [0.717, 1.165) is 22.9 Å². The molecule has 1 atom stereocenters. The molecule has 0 aliphatic heterocycles. The zero-order valence-corrected chi connectivity index (χ0v) is 18.1. The van der Waals surface area contributed by atoms with Crippen molar-refractivity contribution in [1.29, 1.82) is 0 Å².